The summed E-state index contributed by atoms with van der Waals surface area (Å²) >= 11 is 0. The minimum Gasteiger partial charge on any atom is -0.388 e. The quantitative estimate of drug-likeness (QED) is 0.697. The summed E-state index contributed by atoms with van der Waals surface area (Å²) in [6, 6.07) is 0. The first-order chi connectivity index (χ1) is 6.41. The van der Waals surface area contributed by atoms with E-state index < -0.39 is 18.0 Å². The number of aromatic nitrogens is 2. The lowest BCUT2D eigenvalue weighted by molar-refractivity contribution is -0.142. The Morgan fingerprint density at radius 2 is 2.14 bits per heavy atom. The monoisotopic (exact) mass is 206 g/mol. The molecule has 1 unspecified atom stereocenters. The van der Waals surface area contributed by atoms with Crippen LogP contribution in [0.15, 0.2) is 0 Å². The van der Waals surface area contributed by atoms with Crippen LogP contribution in [0, 0.1) is 0 Å². The minimum atomic E-state index is -4.48. The molecule has 1 atom stereocenters. The van der Waals surface area contributed by atoms with Crippen molar-refractivity contribution in [3.05, 3.63) is 17.0 Å². The average molecular weight is 206 g/mol. The lowest BCUT2D eigenvalue weighted by atomic mass is 10.1. The van der Waals surface area contributed by atoms with Gasteiger partial charge in [-0.2, -0.15) is 18.3 Å². The molecule has 78 valence electrons. The van der Waals surface area contributed by atoms with Gasteiger partial charge in [-0.3, -0.25) is 4.68 Å². The van der Waals surface area contributed by atoms with E-state index in [0.717, 1.165) is 0 Å². The summed E-state index contributed by atoms with van der Waals surface area (Å²) in [5, 5.41) is 12.8. The van der Waals surface area contributed by atoms with Crippen molar-refractivity contribution in [1.82, 2.24) is 9.78 Å². The van der Waals surface area contributed by atoms with Gasteiger partial charge in [0.2, 0.25) is 0 Å². The Morgan fingerprint density at radius 1 is 1.50 bits per heavy atom. The molecular weight excluding hydrogens is 197 g/mol. The Bertz CT molecular complexity index is 369. The van der Waals surface area contributed by atoms with Crippen LogP contribution < -0.4 is 0 Å². The topological polar surface area (TPSA) is 38.0 Å². The number of rotatable bonds is 0. The van der Waals surface area contributed by atoms with Crippen LogP contribution in [-0.4, -0.2) is 14.9 Å². The maximum absolute atomic E-state index is 12.4. The van der Waals surface area contributed by atoms with E-state index >= 15 is 0 Å². The van der Waals surface area contributed by atoms with E-state index in [-0.39, 0.29) is 5.56 Å². The number of fused-ring (bicyclic) bond motifs is 1. The highest BCUT2D eigenvalue weighted by atomic mass is 19.4. The molecule has 14 heavy (non-hydrogen) atoms. The fourth-order valence-corrected chi connectivity index (χ4v) is 1.85. The third kappa shape index (κ3) is 1.21. The summed E-state index contributed by atoms with van der Waals surface area (Å²) in [6.07, 6.45) is -4.69. The molecule has 0 spiro atoms. The predicted molar refractivity (Wildman–Crippen MR) is 41.5 cm³/mol. The van der Waals surface area contributed by atoms with E-state index in [0.29, 0.717) is 18.5 Å². The standard InChI is InChI=1S/C8H9F3N2O/c1-13-4-2-3-5(14)6(4)7(12-13)8(9,10)11/h5,14H,2-3H2,1H3. The Kier molecular flexibility index (Phi) is 1.85. The molecule has 2 rings (SSSR count). The molecule has 0 radical (unpaired) electrons. The van der Waals surface area contributed by atoms with Gasteiger partial charge in [-0.1, -0.05) is 0 Å². The molecule has 1 aromatic rings. The Balaban J connectivity index is 2.59. The van der Waals surface area contributed by atoms with Crippen LogP contribution in [0.3, 0.4) is 0 Å². The molecule has 0 fully saturated rings. The summed E-state index contributed by atoms with van der Waals surface area (Å²) in [5.74, 6) is 0. The van der Waals surface area contributed by atoms with Crippen LogP contribution in [0.25, 0.3) is 0 Å². The lowest BCUT2D eigenvalue weighted by Gasteiger charge is -2.07. The molecule has 0 saturated carbocycles. The summed E-state index contributed by atoms with van der Waals surface area (Å²) in [6.45, 7) is 0. The zero-order chi connectivity index (χ0) is 10.5. The van der Waals surface area contributed by atoms with Gasteiger partial charge in [0.15, 0.2) is 5.69 Å². The molecule has 0 amide bonds. The van der Waals surface area contributed by atoms with Gasteiger partial charge in [0.1, 0.15) is 0 Å². The summed E-state index contributed by atoms with van der Waals surface area (Å²) in [7, 11) is 1.46. The summed E-state index contributed by atoms with van der Waals surface area (Å²) in [5.41, 5.74) is -0.496. The summed E-state index contributed by atoms with van der Waals surface area (Å²) in [4.78, 5) is 0. The van der Waals surface area contributed by atoms with E-state index in [2.05, 4.69) is 5.10 Å². The van der Waals surface area contributed by atoms with E-state index in [4.69, 9.17) is 0 Å². The average Bonchev–Trinajstić information content (AvgIpc) is 2.54. The smallest absolute Gasteiger partial charge is 0.388 e. The molecule has 1 heterocycles. The van der Waals surface area contributed by atoms with Crippen molar-refractivity contribution < 1.29 is 18.3 Å². The Hall–Kier alpha value is -1.04. The van der Waals surface area contributed by atoms with E-state index in [1.165, 1.54) is 11.7 Å². The van der Waals surface area contributed by atoms with Gasteiger partial charge in [0.05, 0.1) is 6.10 Å². The maximum Gasteiger partial charge on any atom is 0.435 e. The van der Waals surface area contributed by atoms with Crippen molar-refractivity contribution in [3.63, 3.8) is 0 Å². The zero-order valence-corrected chi connectivity index (χ0v) is 7.47. The lowest BCUT2D eigenvalue weighted by Crippen LogP contribution is -2.11. The molecule has 0 aromatic carbocycles. The van der Waals surface area contributed by atoms with Crippen molar-refractivity contribution in [3.8, 4) is 0 Å². The first-order valence-electron chi connectivity index (χ1n) is 4.22. The predicted octanol–water partition coefficient (Wildman–Crippen LogP) is 1.42. The molecule has 1 aliphatic rings. The molecule has 0 saturated heterocycles. The van der Waals surface area contributed by atoms with Crippen LogP contribution in [0.4, 0.5) is 13.2 Å². The molecule has 1 aromatic heterocycles. The molecular formula is C8H9F3N2O. The highest BCUT2D eigenvalue weighted by Crippen LogP contribution is 2.40. The van der Waals surface area contributed by atoms with E-state index in [1.54, 1.807) is 0 Å². The third-order valence-electron chi connectivity index (χ3n) is 2.46. The van der Waals surface area contributed by atoms with Gasteiger partial charge in [0.25, 0.3) is 0 Å². The van der Waals surface area contributed by atoms with Crippen molar-refractivity contribution in [1.29, 1.82) is 0 Å². The number of hydrogen-bond donors (Lipinski definition) is 1. The van der Waals surface area contributed by atoms with E-state index in [9.17, 15) is 18.3 Å². The minimum absolute atomic E-state index is 0.0417. The van der Waals surface area contributed by atoms with Crippen molar-refractivity contribution in [2.45, 2.75) is 25.1 Å². The maximum atomic E-state index is 12.4. The number of aliphatic hydroxyl groups is 1. The molecule has 3 nitrogen and oxygen atoms in total. The number of aryl methyl sites for hydroxylation is 1. The summed E-state index contributed by atoms with van der Waals surface area (Å²) < 4.78 is 38.5. The van der Waals surface area contributed by atoms with Gasteiger partial charge in [-0.05, 0) is 12.8 Å². The van der Waals surface area contributed by atoms with Gasteiger partial charge in [-0.15, -0.1) is 0 Å². The Labute approximate surface area is 78.1 Å². The molecule has 0 bridgehead atoms. The SMILES string of the molecule is Cn1nc(C(F)(F)F)c2c1CCC2O. The van der Waals surface area contributed by atoms with Crippen molar-refractivity contribution in [2.24, 2.45) is 7.05 Å². The second-order valence-corrected chi connectivity index (χ2v) is 3.38. The number of hydrogen-bond acceptors (Lipinski definition) is 2. The highest BCUT2D eigenvalue weighted by molar-refractivity contribution is 5.34. The van der Waals surface area contributed by atoms with Gasteiger partial charge in [0, 0.05) is 18.3 Å². The first kappa shape index (κ1) is 9.51. The van der Waals surface area contributed by atoms with E-state index in [1.807, 2.05) is 0 Å². The fourth-order valence-electron chi connectivity index (χ4n) is 1.85. The molecule has 6 heteroatoms. The van der Waals surface area contributed by atoms with Crippen LogP contribution in [0.2, 0.25) is 0 Å². The molecule has 1 N–H and O–H groups in total. The van der Waals surface area contributed by atoms with Crippen LogP contribution >= 0.6 is 0 Å². The number of halogens is 3. The van der Waals surface area contributed by atoms with Gasteiger partial charge >= 0.3 is 6.18 Å². The second-order valence-electron chi connectivity index (χ2n) is 3.38. The number of aliphatic hydroxyl groups excluding tert-OH is 1. The fraction of sp³-hybridized carbons (Fsp3) is 0.625. The van der Waals surface area contributed by atoms with Gasteiger partial charge < -0.3 is 5.11 Å². The van der Waals surface area contributed by atoms with Crippen molar-refractivity contribution in [2.75, 3.05) is 0 Å². The molecule has 1 aliphatic carbocycles. The number of nitrogens with zero attached hydrogens (tertiary/aromatic N) is 2. The zero-order valence-electron chi connectivity index (χ0n) is 7.47. The number of alkyl halides is 3. The first-order valence-corrected chi connectivity index (χ1v) is 4.22. The Morgan fingerprint density at radius 3 is 2.71 bits per heavy atom. The molecule has 0 aliphatic heterocycles. The second kappa shape index (κ2) is 2.73. The third-order valence-corrected chi connectivity index (χ3v) is 2.46. The van der Waals surface area contributed by atoms with Crippen LogP contribution in [0.5, 0.6) is 0 Å². The van der Waals surface area contributed by atoms with Crippen LogP contribution in [-0.2, 0) is 19.6 Å². The largest absolute Gasteiger partial charge is 0.435 e. The van der Waals surface area contributed by atoms with Crippen molar-refractivity contribution >= 4 is 0 Å². The highest BCUT2D eigenvalue weighted by Gasteiger charge is 2.42. The van der Waals surface area contributed by atoms with Crippen LogP contribution in [0.1, 0.15) is 29.5 Å². The normalized spacial score (nSPS) is 21.4. The van der Waals surface area contributed by atoms with Gasteiger partial charge in [-0.25, -0.2) is 0 Å².